The van der Waals surface area contributed by atoms with Crippen LogP contribution in [-0.2, 0) is 9.59 Å². The first-order valence-electron chi connectivity index (χ1n) is 8.73. The molecule has 0 spiro atoms. The summed E-state index contributed by atoms with van der Waals surface area (Å²) in [7, 11) is 1.55. The average Bonchev–Trinajstić information content (AvgIpc) is 3.15. The van der Waals surface area contributed by atoms with Crippen molar-refractivity contribution in [3.63, 3.8) is 0 Å². The van der Waals surface area contributed by atoms with Crippen LogP contribution in [0.4, 0.5) is 4.39 Å². The van der Waals surface area contributed by atoms with Crippen molar-refractivity contribution < 1.29 is 27.9 Å². The molecule has 0 fully saturated rings. The molecule has 2 aromatic carbocycles. The lowest BCUT2D eigenvalue weighted by Gasteiger charge is -2.14. The van der Waals surface area contributed by atoms with Crippen LogP contribution in [0.15, 0.2) is 59.0 Å². The highest BCUT2D eigenvalue weighted by molar-refractivity contribution is 5.94. The van der Waals surface area contributed by atoms with Crippen LogP contribution < -0.4 is 20.3 Å². The van der Waals surface area contributed by atoms with E-state index in [1.807, 2.05) is 12.1 Å². The predicted octanol–water partition coefficient (Wildman–Crippen LogP) is 3.21. The molecule has 0 aliphatic rings. The number of halogens is 1. The quantitative estimate of drug-likeness (QED) is 0.492. The fourth-order valence-corrected chi connectivity index (χ4v) is 2.49. The molecule has 3 aromatic rings. The number of ether oxygens (including phenoxy) is 2. The molecule has 1 heterocycles. The number of methoxy groups -OCH3 is 1. The Morgan fingerprint density at radius 2 is 1.90 bits per heavy atom. The van der Waals surface area contributed by atoms with Crippen LogP contribution in [0.5, 0.6) is 11.5 Å². The molecule has 0 radical (unpaired) electrons. The molecule has 2 N–H and O–H groups in total. The van der Waals surface area contributed by atoms with Crippen molar-refractivity contribution in [2.24, 2.45) is 0 Å². The number of carbonyl (C=O) groups excluding carboxylic acids is 2. The molecule has 3 rings (SSSR count). The topological polar surface area (TPSA) is 89.8 Å². The average molecular weight is 398 g/mol. The van der Waals surface area contributed by atoms with Gasteiger partial charge in [0.25, 0.3) is 11.8 Å². The van der Waals surface area contributed by atoms with E-state index >= 15 is 0 Å². The Labute approximate surface area is 166 Å². The fourth-order valence-electron chi connectivity index (χ4n) is 2.49. The minimum absolute atomic E-state index is 0.334. The van der Waals surface area contributed by atoms with Crippen molar-refractivity contribution in [3.8, 4) is 11.5 Å². The zero-order valence-corrected chi connectivity index (χ0v) is 15.8. The van der Waals surface area contributed by atoms with Gasteiger partial charge >= 0.3 is 0 Å². The maximum absolute atomic E-state index is 12.9. The molecule has 2 amide bonds. The number of furan rings is 1. The summed E-state index contributed by atoms with van der Waals surface area (Å²) in [4.78, 5) is 23.9. The van der Waals surface area contributed by atoms with E-state index in [4.69, 9.17) is 13.9 Å². The molecule has 0 saturated heterocycles. The summed E-state index contributed by atoms with van der Waals surface area (Å²) >= 11 is 0. The molecule has 1 aromatic heterocycles. The Morgan fingerprint density at radius 1 is 1.14 bits per heavy atom. The van der Waals surface area contributed by atoms with Crippen LogP contribution in [0.2, 0.25) is 0 Å². The zero-order valence-electron chi connectivity index (χ0n) is 15.8. The van der Waals surface area contributed by atoms with Crippen LogP contribution in [0.25, 0.3) is 17.0 Å². The number of benzene rings is 2. The standard InChI is InChI=1S/C21H19FN2O5/c1-13(28-16-8-6-15(22)7-9-16)21(26)24-23-19(25)11-10-17-12-14-4-3-5-18(27-2)20(14)29-17/h3-13H,1-2H3,(H,23,25)(H,24,26)/b11-10+. The Bertz CT molecular complexity index is 1040. The van der Waals surface area contributed by atoms with E-state index in [1.54, 1.807) is 19.2 Å². The van der Waals surface area contributed by atoms with Gasteiger partial charge in [0, 0.05) is 11.5 Å². The Balaban J connectivity index is 1.52. The molecular weight excluding hydrogens is 379 g/mol. The van der Waals surface area contributed by atoms with Gasteiger partial charge in [-0.15, -0.1) is 0 Å². The van der Waals surface area contributed by atoms with E-state index in [9.17, 15) is 14.0 Å². The first kappa shape index (κ1) is 19.9. The smallest absolute Gasteiger partial charge is 0.279 e. The molecule has 29 heavy (non-hydrogen) atoms. The SMILES string of the molecule is COc1cccc2cc(/C=C/C(=O)NNC(=O)C(C)Oc3ccc(F)cc3)oc12. The van der Waals surface area contributed by atoms with Gasteiger partial charge in [0.15, 0.2) is 17.4 Å². The second-order valence-corrected chi connectivity index (χ2v) is 6.05. The van der Waals surface area contributed by atoms with Crippen LogP contribution in [0.3, 0.4) is 0 Å². The molecule has 0 aliphatic heterocycles. The van der Waals surface area contributed by atoms with E-state index in [0.717, 1.165) is 5.39 Å². The first-order valence-corrected chi connectivity index (χ1v) is 8.73. The van der Waals surface area contributed by atoms with E-state index in [2.05, 4.69) is 10.9 Å². The highest BCUT2D eigenvalue weighted by Gasteiger charge is 2.15. The van der Waals surface area contributed by atoms with Gasteiger partial charge in [0.05, 0.1) is 7.11 Å². The molecule has 0 saturated carbocycles. The second kappa shape index (κ2) is 8.92. The maximum atomic E-state index is 12.9. The highest BCUT2D eigenvalue weighted by Crippen LogP contribution is 2.28. The van der Waals surface area contributed by atoms with Gasteiger partial charge in [-0.05, 0) is 49.4 Å². The molecule has 0 bridgehead atoms. The number of hydrazine groups is 1. The number of carbonyl (C=O) groups is 2. The van der Waals surface area contributed by atoms with Gasteiger partial charge < -0.3 is 13.9 Å². The van der Waals surface area contributed by atoms with Crippen LogP contribution in [0, 0.1) is 5.82 Å². The molecule has 1 atom stereocenters. The number of fused-ring (bicyclic) bond motifs is 1. The van der Waals surface area contributed by atoms with Gasteiger partial charge in [-0.2, -0.15) is 0 Å². The number of rotatable bonds is 6. The third-order valence-electron chi connectivity index (χ3n) is 3.95. The van der Waals surface area contributed by atoms with Crippen molar-refractivity contribution in [2.75, 3.05) is 7.11 Å². The van der Waals surface area contributed by atoms with Crippen molar-refractivity contribution in [1.29, 1.82) is 0 Å². The summed E-state index contributed by atoms with van der Waals surface area (Å²) in [5, 5.41) is 0.837. The van der Waals surface area contributed by atoms with Gasteiger partial charge in [0.2, 0.25) is 0 Å². The third-order valence-corrected chi connectivity index (χ3v) is 3.95. The Hall–Kier alpha value is -3.81. The number of hydrogen-bond acceptors (Lipinski definition) is 5. The number of amides is 2. The monoisotopic (exact) mass is 398 g/mol. The van der Waals surface area contributed by atoms with Crippen LogP contribution >= 0.6 is 0 Å². The first-order chi connectivity index (χ1) is 14.0. The lowest BCUT2D eigenvalue weighted by molar-refractivity contribution is -0.131. The highest BCUT2D eigenvalue weighted by atomic mass is 19.1. The van der Waals surface area contributed by atoms with E-state index in [1.165, 1.54) is 43.3 Å². The molecule has 8 heteroatoms. The number of hydrogen-bond donors (Lipinski definition) is 2. The molecule has 150 valence electrons. The maximum Gasteiger partial charge on any atom is 0.279 e. The van der Waals surface area contributed by atoms with Crippen molar-refractivity contribution in [1.82, 2.24) is 10.9 Å². The summed E-state index contributed by atoms with van der Waals surface area (Å²) in [5.74, 6) is -0.144. The normalized spacial score (nSPS) is 12.0. The summed E-state index contributed by atoms with van der Waals surface area (Å²) in [6.07, 6.45) is 1.79. The molecular formula is C21H19FN2O5. The van der Waals surface area contributed by atoms with Crippen LogP contribution in [0.1, 0.15) is 12.7 Å². The van der Waals surface area contributed by atoms with Crippen molar-refractivity contribution in [2.45, 2.75) is 13.0 Å². The van der Waals surface area contributed by atoms with Gasteiger partial charge in [-0.25, -0.2) is 4.39 Å². The van der Waals surface area contributed by atoms with E-state index in [-0.39, 0.29) is 0 Å². The van der Waals surface area contributed by atoms with Gasteiger partial charge in [-0.3, -0.25) is 20.4 Å². The molecule has 7 nitrogen and oxygen atoms in total. The van der Waals surface area contributed by atoms with E-state index in [0.29, 0.717) is 22.8 Å². The fraction of sp³-hybridized carbons (Fsp3) is 0.143. The lowest BCUT2D eigenvalue weighted by Crippen LogP contribution is -2.46. The Morgan fingerprint density at radius 3 is 2.62 bits per heavy atom. The Kier molecular flexibility index (Phi) is 6.13. The largest absolute Gasteiger partial charge is 0.493 e. The molecule has 0 aliphatic carbocycles. The predicted molar refractivity (Wildman–Crippen MR) is 105 cm³/mol. The molecule has 1 unspecified atom stereocenters. The van der Waals surface area contributed by atoms with Crippen LogP contribution in [-0.4, -0.2) is 25.0 Å². The summed E-state index contributed by atoms with van der Waals surface area (Å²) in [6.45, 7) is 1.50. The van der Waals surface area contributed by atoms with Crippen molar-refractivity contribution >= 4 is 28.9 Å². The zero-order chi connectivity index (χ0) is 20.8. The second-order valence-electron chi connectivity index (χ2n) is 6.05. The van der Waals surface area contributed by atoms with E-state index < -0.39 is 23.7 Å². The van der Waals surface area contributed by atoms with Crippen molar-refractivity contribution in [3.05, 3.63) is 66.2 Å². The number of para-hydroxylation sites is 1. The number of nitrogens with one attached hydrogen (secondary N) is 2. The van der Waals surface area contributed by atoms with Gasteiger partial charge in [0.1, 0.15) is 17.3 Å². The summed E-state index contributed by atoms with van der Waals surface area (Å²) < 4.78 is 29.1. The minimum Gasteiger partial charge on any atom is -0.493 e. The minimum atomic E-state index is -0.896. The third kappa shape index (κ3) is 5.13. The summed E-state index contributed by atoms with van der Waals surface area (Å²) in [5.41, 5.74) is 5.09. The lowest BCUT2D eigenvalue weighted by atomic mass is 10.2. The summed E-state index contributed by atoms with van der Waals surface area (Å²) in [6, 6.07) is 12.5. The van der Waals surface area contributed by atoms with Gasteiger partial charge in [-0.1, -0.05) is 12.1 Å².